The van der Waals surface area contributed by atoms with Crippen molar-refractivity contribution in [2.75, 3.05) is 13.1 Å². The Balaban J connectivity index is 1.69. The molecule has 4 nitrogen and oxygen atoms in total. The average Bonchev–Trinajstić information content (AvgIpc) is 2.85. The lowest BCUT2D eigenvalue weighted by atomic mass is 9.95. The Kier molecular flexibility index (Phi) is 3.83. The first-order valence-corrected chi connectivity index (χ1v) is 7.33. The molecule has 1 atom stereocenters. The summed E-state index contributed by atoms with van der Waals surface area (Å²) < 4.78 is 2.20. The molecule has 0 aromatic carbocycles. The first-order chi connectivity index (χ1) is 9.72. The van der Waals surface area contributed by atoms with Crippen LogP contribution in [0.5, 0.6) is 0 Å². The van der Waals surface area contributed by atoms with Gasteiger partial charge in [0.25, 0.3) is 0 Å². The van der Waals surface area contributed by atoms with Gasteiger partial charge >= 0.3 is 0 Å². The summed E-state index contributed by atoms with van der Waals surface area (Å²) in [5.41, 5.74) is 3.55. The minimum Gasteiger partial charge on any atom is -0.353 e. The van der Waals surface area contributed by atoms with Gasteiger partial charge in [-0.15, -0.1) is 0 Å². The second-order valence-corrected chi connectivity index (χ2v) is 5.77. The molecule has 4 heteroatoms. The Morgan fingerprint density at radius 3 is 3.00 bits per heavy atom. The lowest BCUT2D eigenvalue weighted by Crippen LogP contribution is -2.34. The smallest absolute Gasteiger partial charge is 0.0633 e. The SMILES string of the molecule is Cc1cncc(C2CCCN(Cc3cccn3C)C2)n1. The molecule has 0 bridgehead atoms. The summed E-state index contributed by atoms with van der Waals surface area (Å²) in [6, 6.07) is 4.32. The molecule has 1 unspecified atom stereocenters. The summed E-state index contributed by atoms with van der Waals surface area (Å²) >= 11 is 0. The fourth-order valence-corrected chi connectivity index (χ4v) is 3.01. The molecule has 0 saturated carbocycles. The van der Waals surface area contributed by atoms with Crippen molar-refractivity contribution in [3.05, 3.63) is 47.8 Å². The number of hydrogen-bond donors (Lipinski definition) is 0. The summed E-state index contributed by atoms with van der Waals surface area (Å²) in [7, 11) is 2.11. The lowest BCUT2D eigenvalue weighted by molar-refractivity contribution is 0.194. The third kappa shape index (κ3) is 2.90. The molecule has 0 radical (unpaired) electrons. The molecule has 20 heavy (non-hydrogen) atoms. The zero-order valence-corrected chi connectivity index (χ0v) is 12.3. The predicted molar refractivity (Wildman–Crippen MR) is 79.4 cm³/mol. The molecule has 3 rings (SSSR count). The van der Waals surface area contributed by atoms with Crippen LogP contribution in [0.3, 0.4) is 0 Å². The molecule has 0 N–H and O–H groups in total. The van der Waals surface area contributed by atoms with E-state index in [0.717, 1.165) is 24.5 Å². The van der Waals surface area contributed by atoms with E-state index in [4.69, 9.17) is 0 Å². The lowest BCUT2D eigenvalue weighted by Gasteiger charge is -2.32. The van der Waals surface area contributed by atoms with E-state index in [0.29, 0.717) is 5.92 Å². The number of hydrogen-bond acceptors (Lipinski definition) is 3. The van der Waals surface area contributed by atoms with Crippen molar-refractivity contribution < 1.29 is 0 Å². The van der Waals surface area contributed by atoms with Crippen LogP contribution in [0.2, 0.25) is 0 Å². The van der Waals surface area contributed by atoms with Crippen molar-refractivity contribution in [2.24, 2.45) is 7.05 Å². The number of rotatable bonds is 3. The highest BCUT2D eigenvalue weighted by Crippen LogP contribution is 2.26. The zero-order chi connectivity index (χ0) is 13.9. The van der Waals surface area contributed by atoms with Crippen molar-refractivity contribution in [3.63, 3.8) is 0 Å². The van der Waals surface area contributed by atoms with E-state index in [-0.39, 0.29) is 0 Å². The fraction of sp³-hybridized carbons (Fsp3) is 0.500. The molecular formula is C16H22N4. The fourth-order valence-electron chi connectivity index (χ4n) is 3.01. The largest absolute Gasteiger partial charge is 0.353 e. The Bertz CT molecular complexity index is 575. The standard InChI is InChI=1S/C16H22N4/c1-13-9-17-10-16(18-13)14-5-3-8-20(11-14)12-15-6-4-7-19(15)2/h4,6-7,9-10,14H,3,5,8,11-12H2,1-2H3. The third-order valence-corrected chi connectivity index (χ3v) is 4.13. The topological polar surface area (TPSA) is 34.0 Å². The molecule has 2 aromatic rings. The Morgan fingerprint density at radius 2 is 2.25 bits per heavy atom. The van der Waals surface area contributed by atoms with Gasteiger partial charge in [-0.1, -0.05) is 0 Å². The quantitative estimate of drug-likeness (QED) is 0.859. The van der Waals surface area contributed by atoms with Crippen LogP contribution in [0.1, 0.15) is 35.8 Å². The molecule has 0 aliphatic carbocycles. The Hall–Kier alpha value is -1.68. The van der Waals surface area contributed by atoms with Crippen LogP contribution < -0.4 is 0 Å². The van der Waals surface area contributed by atoms with Gasteiger partial charge in [-0.3, -0.25) is 14.9 Å². The molecular weight excluding hydrogens is 248 g/mol. The summed E-state index contributed by atoms with van der Waals surface area (Å²) in [5.74, 6) is 0.524. The summed E-state index contributed by atoms with van der Waals surface area (Å²) in [6.07, 6.45) is 8.34. The molecule has 2 aromatic heterocycles. The van der Waals surface area contributed by atoms with E-state index >= 15 is 0 Å². The Labute approximate surface area is 120 Å². The first kappa shape index (κ1) is 13.3. The van der Waals surface area contributed by atoms with Gasteiger partial charge in [0, 0.05) is 50.3 Å². The van der Waals surface area contributed by atoms with Crippen LogP contribution >= 0.6 is 0 Å². The van der Waals surface area contributed by atoms with Gasteiger partial charge in [-0.2, -0.15) is 0 Å². The minimum absolute atomic E-state index is 0.524. The van der Waals surface area contributed by atoms with Crippen molar-refractivity contribution in [3.8, 4) is 0 Å². The second kappa shape index (κ2) is 5.75. The molecule has 1 aliphatic rings. The zero-order valence-electron chi connectivity index (χ0n) is 12.3. The van der Waals surface area contributed by atoms with Gasteiger partial charge in [0.05, 0.1) is 11.4 Å². The molecule has 0 spiro atoms. The van der Waals surface area contributed by atoms with Crippen molar-refractivity contribution in [1.82, 2.24) is 19.4 Å². The summed E-state index contributed by atoms with van der Waals surface area (Å²) in [6.45, 7) is 5.31. The molecule has 1 aliphatic heterocycles. The predicted octanol–water partition coefficient (Wildman–Crippen LogP) is 2.50. The van der Waals surface area contributed by atoms with Crippen LogP contribution in [0.4, 0.5) is 0 Å². The molecule has 0 amide bonds. The number of aryl methyl sites for hydroxylation is 2. The normalized spacial score (nSPS) is 20.2. The van der Waals surface area contributed by atoms with Crippen molar-refractivity contribution in [2.45, 2.75) is 32.2 Å². The van der Waals surface area contributed by atoms with E-state index in [1.165, 1.54) is 25.1 Å². The Morgan fingerprint density at radius 1 is 1.35 bits per heavy atom. The molecule has 1 saturated heterocycles. The minimum atomic E-state index is 0.524. The van der Waals surface area contributed by atoms with E-state index < -0.39 is 0 Å². The van der Waals surface area contributed by atoms with Crippen LogP contribution in [-0.4, -0.2) is 32.5 Å². The van der Waals surface area contributed by atoms with E-state index in [2.05, 4.69) is 44.8 Å². The number of aromatic nitrogens is 3. The van der Waals surface area contributed by atoms with Gasteiger partial charge in [-0.25, -0.2) is 0 Å². The summed E-state index contributed by atoms with van der Waals surface area (Å²) in [4.78, 5) is 11.5. The number of likely N-dealkylation sites (tertiary alicyclic amines) is 1. The third-order valence-electron chi connectivity index (χ3n) is 4.13. The van der Waals surface area contributed by atoms with Crippen LogP contribution in [0.15, 0.2) is 30.7 Å². The van der Waals surface area contributed by atoms with Crippen LogP contribution in [-0.2, 0) is 13.6 Å². The van der Waals surface area contributed by atoms with Crippen molar-refractivity contribution in [1.29, 1.82) is 0 Å². The highest BCUT2D eigenvalue weighted by atomic mass is 15.1. The maximum atomic E-state index is 4.65. The number of piperidine rings is 1. The number of nitrogens with zero attached hydrogens (tertiary/aromatic N) is 4. The molecule has 106 valence electrons. The van der Waals surface area contributed by atoms with E-state index in [9.17, 15) is 0 Å². The van der Waals surface area contributed by atoms with Crippen molar-refractivity contribution >= 4 is 0 Å². The average molecular weight is 270 g/mol. The van der Waals surface area contributed by atoms with Gasteiger partial charge in [0.1, 0.15) is 0 Å². The maximum Gasteiger partial charge on any atom is 0.0633 e. The van der Waals surface area contributed by atoms with Gasteiger partial charge in [0.2, 0.25) is 0 Å². The van der Waals surface area contributed by atoms with E-state index in [1.807, 2.05) is 19.3 Å². The van der Waals surface area contributed by atoms with Gasteiger partial charge in [-0.05, 0) is 38.4 Å². The highest BCUT2D eigenvalue weighted by molar-refractivity contribution is 5.10. The van der Waals surface area contributed by atoms with Gasteiger partial charge < -0.3 is 4.57 Å². The van der Waals surface area contributed by atoms with Gasteiger partial charge in [0.15, 0.2) is 0 Å². The highest BCUT2D eigenvalue weighted by Gasteiger charge is 2.23. The van der Waals surface area contributed by atoms with Crippen LogP contribution in [0, 0.1) is 6.92 Å². The summed E-state index contributed by atoms with van der Waals surface area (Å²) in [5, 5.41) is 0. The van der Waals surface area contributed by atoms with E-state index in [1.54, 1.807) is 0 Å². The van der Waals surface area contributed by atoms with Crippen LogP contribution in [0.25, 0.3) is 0 Å². The monoisotopic (exact) mass is 270 g/mol. The first-order valence-electron chi connectivity index (χ1n) is 7.33. The maximum absolute atomic E-state index is 4.65. The molecule has 1 fully saturated rings. The second-order valence-electron chi connectivity index (χ2n) is 5.77. The molecule has 3 heterocycles.